The Labute approximate surface area is 374 Å². The Morgan fingerprint density at radius 2 is 0.967 bits per heavy atom. The lowest BCUT2D eigenvalue weighted by Gasteiger charge is -2.28. The van der Waals surface area contributed by atoms with Crippen LogP contribution in [-0.4, -0.2) is 75.8 Å². The maximum atomic E-state index is 12.7. The second-order valence-corrected chi connectivity index (χ2v) is 19.6. The number of phosphoric ester groups is 1. The molecule has 0 bridgehead atoms. The molecule has 0 amide bonds. The lowest BCUT2D eigenvalue weighted by atomic mass is 10.0. The van der Waals surface area contributed by atoms with E-state index in [9.17, 15) is 23.8 Å². The molecule has 0 saturated carbocycles. The van der Waals surface area contributed by atoms with E-state index in [1.165, 1.54) is 116 Å². The molecule has 0 aliphatic rings. The fourth-order valence-electron chi connectivity index (χ4n) is 6.99. The van der Waals surface area contributed by atoms with E-state index in [0.29, 0.717) is 23.9 Å². The fourth-order valence-corrected chi connectivity index (χ4v) is 7.72. The van der Waals surface area contributed by atoms with Crippen LogP contribution in [0.25, 0.3) is 0 Å². The lowest BCUT2D eigenvalue weighted by molar-refractivity contribution is -0.870. The molecule has 0 N–H and O–H groups in total. The van der Waals surface area contributed by atoms with Crippen LogP contribution < -0.4 is 4.89 Å². The van der Waals surface area contributed by atoms with E-state index in [4.69, 9.17) is 18.5 Å². The van der Waals surface area contributed by atoms with Gasteiger partial charge in [-0.3, -0.25) is 18.9 Å². The Bertz CT molecular complexity index is 1150. The van der Waals surface area contributed by atoms with Gasteiger partial charge >= 0.3 is 11.9 Å². The Balaban J connectivity index is 4.27. The van der Waals surface area contributed by atoms with Crippen LogP contribution in [0, 0.1) is 0 Å². The molecule has 61 heavy (non-hydrogen) atoms. The van der Waals surface area contributed by atoms with Gasteiger partial charge in [-0.15, -0.1) is 0 Å². The normalized spacial score (nSPS) is 13.5. The van der Waals surface area contributed by atoms with Crippen molar-refractivity contribution in [3.63, 3.8) is 0 Å². The number of likely N-dealkylation sites (N-methyl/N-ethyl adjacent to an activating group) is 1. The van der Waals surface area contributed by atoms with E-state index in [1.54, 1.807) is 6.08 Å². The summed E-state index contributed by atoms with van der Waals surface area (Å²) >= 11 is 0. The lowest BCUT2D eigenvalue weighted by Crippen LogP contribution is -2.37. The van der Waals surface area contributed by atoms with Crippen LogP contribution in [0.1, 0.15) is 226 Å². The molecule has 0 saturated heterocycles. The molecule has 1 unspecified atom stereocenters. The summed E-state index contributed by atoms with van der Waals surface area (Å²) in [6.07, 6.45) is 43.3. The zero-order valence-electron chi connectivity index (χ0n) is 40.1. The van der Waals surface area contributed by atoms with Gasteiger partial charge < -0.3 is 27.9 Å². The summed E-state index contributed by atoms with van der Waals surface area (Å²) in [4.78, 5) is 49.4. The summed E-state index contributed by atoms with van der Waals surface area (Å²) in [5, 5.41) is 0. The van der Waals surface area contributed by atoms with Crippen LogP contribution in [-0.2, 0) is 37.5 Å². The Hall–Kier alpha value is -1.84. The zero-order chi connectivity index (χ0) is 45.1. The summed E-state index contributed by atoms with van der Waals surface area (Å²) in [6.45, 7) is 4.05. The molecule has 0 rings (SSSR count). The van der Waals surface area contributed by atoms with Crippen molar-refractivity contribution in [2.75, 3.05) is 47.5 Å². The number of ether oxygens (including phenoxy) is 2. The van der Waals surface area contributed by atoms with Crippen molar-refractivity contribution in [3.8, 4) is 0 Å². The summed E-state index contributed by atoms with van der Waals surface area (Å²) in [5.41, 5.74) is 0. The Kier molecular flexibility index (Phi) is 40.9. The molecule has 0 aliphatic heterocycles. The van der Waals surface area contributed by atoms with Crippen LogP contribution in [0.3, 0.4) is 0 Å². The van der Waals surface area contributed by atoms with Gasteiger partial charge in [0.05, 0.1) is 27.7 Å². The summed E-state index contributed by atoms with van der Waals surface area (Å²) in [6, 6.07) is 0. The molecular formula is C50H94NO9P. The van der Waals surface area contributed by atoms with E-state index >= 15 is 0 Å². The Morgan fingerprint density at radius 1 is 0.541 bits per heavy atom. The first-order chi connectivity index (χ1) is 29.4. The van der Waals surface area contributed by atoms with E-state index in [2.05, 4.69) is 19.9 Å². The number of unbranched alkanes of at least 4 members (excludes halogenated alkanes) is 27. The quantitative estimate of drug-likeness (QED) is 0.0146. The summed E-state index contributed by atoms with van der Waals surface area (Å²) in [7, 11) is 1.12. The third kappa shape index (κ3) is 46.0. The smallest absolute Gasteiger partial charge is 0.306 e. The van der Waals surface area contributed by atoms with Crippen LogP contribution in [0.2, 0.25) is 0 Å². The molecule has 0 spiro atoms. The fraction of sp³-hybridized carbons (Fsp3) is 0.860. The summed E-state index contributed by atoms with van der Waals surface area (Å²) in [5.74, 6) is -0.710. The molecule has 0 aromatic carbocycles. The molecule has 0 fully saturated rings. The number of hydrogen-bond donors (Lipinski definition) is 0. The van der Waals surface area contributed by atoms with E-state index in [-0.39, 0.29) is 31.8 Å². The molecule has 10 nitrogen and oxygen atoms in total. The maximum Gasteiger partial charge on any atom is 0.306 e. The molecule has 0 aromatic heterocycles. The number of nitrogens with zero attached hydrogens (tertiary/aromatic N) is 1. The largest absolute Gasteiger partial charge is 0.756 e. The zero-order valence-corrected chi connectivity index (χ0v) is 41.0. The highest BCUT2D eigenvalue weighted by molar-refractivity contribution is 7.45. The van der Waals surface area contributed by atoms with Crippen molar-refractivity contribution >= 4 is 25.5 Å². The highest BCUT2D eigenvalue weighted by atomic mass is 31.2. The number of esters is 2. The number of phosphoric acid groups is 1. The first-order valence-electron chi connectivity index (χ1n) is 25.0. The average molecular weight is 884 g/mol. The monoisotopic (exact) mass is 884 g/mol. The SMILES string of the molecule is CCCCCCCCCCCCCCCCCCCCCCCC(=O)OC[C@H](COP(=O)([O-])OCC[N+](C)(C)C)OC(=O)CCCCCCC/C=C\C=C\C(=O)CCCCC. The van der Waals surface area contributed by atoms with Crippen LogP contribution in [0.15, 0.2) is 24.3 Å². The minimum absolute atomic E-state index is 0.0449. The van der Waals surface area contributed by atoms with Gasteiger partial charge in [-0.25, -0.2) is 0 Å². The van der Waals surface area contributed by atoms with Crippen molar-refractivity contribution in [2.24, 2.45) is 0 Å². The minimum atomic E-state index is -4.65. The first-order valence-corrected chi connectivity index (χ1v) is 26.5. The number of allylic oxidation sites excluding steroid dienone is 4. The third-order valence-corrected chi connectivity index (χ3v) is 11.9. The second kappa shape index (κ2) is 42.1. The van der Waals surface area contributed by atoms with Gasteiger partial charge in [0.25, 0.3) is 7.82 Å². The molecule has 0 aliphatic carbocycles. The average Bonchev–Trinajstić information content (AvgIpc) is 3.21. The molecule has 0 heterocycles. The van der Waals surface area contributed by atoms with Gasteiger partial charge in [0.2, 0.25) is 0 Å². The predicted molar refractivity (Wildman–Crippen MR) is 250 cm³/mol. The number of hydrogen-bond acceptors (Lipinski definition) is 9. The number of quaternary nitrogens is 1. The van der Waals surface area contributed by atoms with Gasteiger partial charge in [0.15, 0.2) is 11.9 Å². The molecule has 11 heteroatoms. The van der Waals surface area contributed by atoms with E-state index < -0.39 is 32.5 Å². The molecule has 358 valence electrons. The topological polar surface area (TPSA) is 128 Å². The second-order valence-electron chi connectivity index (χ2n) is 18.2. The van der Waals surface area contributed by atoms with Gasteiger partial charge in [-0.05, 0) is 38.2 Å². The van der Waals surface area contributed by atoms with Crippen molar-refractivity contribution < 1.29 is 46.8 Å². The molecule has 0 radical (unpaired) electrons. The Morgan fingerprint density at radius 3 is 1.46 bits per heavy atom. The number of rotatable bonds is 46. The van der Waals surface area contributed by atoms with Crippen molar-refractivity contribution in [1.82, 2.24) is 0 Å². The van der Waals surface area contributed by atoms with Crippen LogP contribution in [0.5, 0.6) is 0 Å². The van der Waals surface area contributed by atoms with E-state index in [1.807, 2.05) is 33.3 Å². The predicted octanol–water partition coefficient (Wildman–Crippen LogP) is 13.2. The van der Waals surface area contributed by atoms with E-state index in [0.717, 1.165) is 70.6 Å². The van der Waals surface area contributed by atoms with Crippen molar-refractivity contribution in [1.29, 1.82) is 0 Å². The summed E-state index contributed by atoms with van der Waals surface area (Å²) < 4.78 is 33.9. The van der Waals surface area contributed by atoms with Crippen LogP contribution >= 0.6 is 7.82 Å². The van der Waals surface area contributed by atoms with Crippen molar-refractivity contribution in [3.05, 3.63) is 24.3 Å². The van der Waals surface area contributed by atoms with Gasteiger partial charge in [0, 0.05) is 19.3 Å². The minimum Gasteiger partial charge on any atom is -0.756 e. The molecule has 2 atom stereocenters. The highest BCUT2D eigenvalue weighted by Crippen LogP contribution is 2.38. The van der Waals surface area contributed by atoms with Gasteiger partial charge in [-0.2, -0.15) is 0 Å². The third-order valence-electron chi connectivity index (χ3n) is 11.0. The maximum absolute atomic E-state index is 12.7. The number of ketones is 1. The highest BCUT2D eigenvalue weighted by Gasteiger charge is 2.21. The molecule has 0 aromatic rings. The van der Waals surface area contributed by atoms with Gasteiger partial charge in [0.1, 0.15) is 19.8 Å². The standard InChI is InChI=1S/C50H94NO9P/c1-6-8-10-11-12-13-14-15-16-17-18-19-20-21-22-23-24-27-30-33-37-41-49(53)57-45-48(46-59-61(55,56)58-44-43-51(3,4)5)60-50(54)42-38-34-31-28-25-26-29-32-36-40-47(52)39-35-9-7-2/h29,32,36,40,48H,6-28,30-31,33-35,37-39,41-46H2,1-5H3/b32-29-,40-36+/t48-/m1/s1. The van der Waals surface area contributed by atoms with Crippen LogP contribution in [0.4, 0.5) is 0 Å². The first kappa shape index (κ1) is 59.2. The van der Waals surface area contributed by atoms with Crippen molar-refractivity contribution in [2.45, 2.75) is 232 Å². The molecular weight excluding hydrogens is 790 g/mol. The number of carbonyl (C=O) groups is 3. The van der Waals surface area contributed by atoms with Gasteiger partial charge in [-0.1, -0.05) is 193 Å². The number of carbonyl (C=O) groups excluding carboxylic acids is 3.